The van der Waals surface area contributed by atoms with E-state index in [1.165, 1.54) is 36.4 Å². The number of ether oxygens (including phenoxy) is 1. The summed E-state index contributed by atoms with van der Waals surface area (Å²) in [5.41, 5.74) is 0.945. The SMILES string of the molecule is CSc1ccc(C(CC2CCOCC2)C(=O)CCC(=O)c2cnccn2)cc1F. The summed E-state index contributed by atoms with van der Waals surface area (Å²) in [5.74, 6) is -0.615. The number of hydrogen-bond acceptors (Lipinski definition) is 6. The number of hydrogen-bond donors (Lipinski definition) is 0. The van der Waals surface area contributed by atoms with E-state index in [2.05, 4.69) is 9.97 Å². The molecule has 0 bridgehead atoms. The molecule has 0 saturated carbocycles. The summed E-state index contributed by atoms with van der Waals surface area (Å²) in [6, 6.07) is 5.03. The van der Waals surface area contributed by atoms with Crippen LogP contribution < -0.4 is 0 Å². The molecule has 0 aliphatic carbocycles. The van der Waals surface area contributed by atoms with Crippen LogP contribution in [0.3, 0.4) is 0 Å². The first kappa shape index (κ1) is 21.6. The molecule has 1 unspecified atom stereocenters. The van der Waals surface area contributed by atoms with Gasteiger partial charge in [-0.15, -0.1) is 11.8 Å². The summed E-state index contributed by atoms with van der Waals surface area (Å²) >= 11 is 1.34. The van der Waals surface area contributed by atoms with Crippen LogP contribution in [-0.4, -0.2) is 41.0 Å². The van der Waals surface area contributed by atoms with Crippen molar-refractivity contribution in [2.24, 2.45) is 5.92 Å². The third-order valence-corrected chi connectivity index (χ3v) is 6.10. The lowest BCUT2D eigenvalue weighted by Crippen LogP contribution is -2.22. The molecule has 1 saturated heterocycles. The Kier molecular flexibility index (Phi) is 7.89. The highest BCUT2D eigenvalue weighted by Crippen LogP contribution is 2.33. The van der Waals surface area contributed by atoms with E-state index in [1.54, 1.807) is 6.07 Å². The van der Waals surface area contributed by atoms with Crippen molar-refractivity contribution >= 4 is 23.3 Å². The van der Waals surface area contributed by atoms with Crippen molar-refractivity contribution in [2.75, 3.05) is 19.5 Å². The van der Waals surface area contributed by atoms with Gasteiger partial charge in [0.15, 0.2) is 5.78 Å². The van der Waals surface area contributed by atoms with Crippen molar-refractivity contribution in [3.8, 4) is 0 Å². The molecule has 1 aliphatic rings. The minimum atomic E-state index is -0.418. The minimum absolute atomic E-state index is 0.0370. The molecular weight excluding hydrogens is 391 g/mol. The predicted octanol–water partition coefficient (Wildman–Crippen LogP) is 4.47. The van der Waals surface area contributed by atoms with Crippen molar-refractivity contribution in [1.29, 1.82) is 0 Å². The zero-order valence-electron chi connectivity index (χ0n) is 16.5. The smallest absolute Gasteiger partial charge is 0.183 e. The molecule has 0 amide bonds. The Hall–Kier alpha value is -2.12. The zero-order valence-corrected chi connectivity index (χ0v) is 17.3. The Morgan fingerprint density at radius 1 is 1.24 bits per heavy atom. The second kappa shape index (κ2) is 10.6. The topological polar surface area (TPSA) is 69.2 Å². The Balaban J connectivity index is 1.73. The van der Waals surface area contributed by atoms with Gasteiger partial charge in [-0.25, -0.2) is 9.37 Å². The van der Waals surface area contributed by atoms with Crippen molar-refractivity contribution < 1.29 is 18.7 Å². The van der Waals surface area contributed by atoms with Gasteiger partial charge in [-0.2, -0.15) is 0 Å². The van der Waals surface area contributed by atoms with Gasteiger partial charge in [-0.3, -0.25) is 14.6 Å². The number of carbonyl (C=O) groups is 2. The lowest BCUT2D eigenvalue weighted by Gasteiger charge is -2.26. The van der Waals surface area contributed by atoms with E-state index in [9.17, 15) is 14.0 Å². The fourth-order valence-electron chi connectivity index (χ4n) is 3.65. The van der Waals surface area contributed by atoms with Gasteiger partial charge in [0.2, 0.25) is 0 Å². The molecule has 1 atom stereocenters. The molecule has 2 heterocycles. The van der Waals surface area contributed by atoms with E-state index in [0.717, 1.165) is 12.8 Å². The molecule has 5 nitrogen and oxygen atoms in total. The molecule has 2 aromatic rings. The van der Waals surface area contributed by atoms with Gasteiger partial charge in [0, 0.05) is 49.3 Å². The van der Waals surface area contributed by atoms with Gasteiger partial charge in [-0.05, 0) is 49.1 Å². The van der Waals surface area contributed by atoms with Crippen LogP contribution in [0, 0.1) is 11.7 Å². The summed E-state index contributed by atoms with van der Waals surface area (Å²) in [6.07, 6.45) is 8.81. The minimum Gasteiger partial charge on any atom is -0.381 e. The summed E-state index contributed by atoms with van der Waals surface area (Å²) in [6.45, 7) is 1.38. The second-order valence-electron chi connectivity index (χ2n) is 7.22. The van der Waals surface area contributed by atoms with Crippen LogP contribution in [0.25, 0.3) is 0 Å². The van der Waals surface area contributed by atoms with Crippen LogP contribution in [0.15, 0.2) is 41.7 Å². The standard InChI is InChI=1S/C22H25FN2O3S/c1-29-22-5-2-16(13-18(22)23)17(12-15-6-10-28-11-7-15)20(26)3-4-21(27)19-14-24-8-9-25-19/h2,5,8-9,13-15,17H,3-4,6-7,10-12H2,1H3. The van der Waals surface area contributed by atoms with Gasteiger partial charge in [0.25, 0.3) is 0 Å². The number of Topliss-reactive ketones (excluding diaryl/α,β-unsaturated/α-hetero) is 2. The number of thioether (sulfide) groups is 1. The first-order valence-electron chi connectivity index (χ1n) is 9.81. The number of halogens is 1. The van der Waals surface area contributed by atoms with Gasteiger partial charge in [0.1, 0.15) is 17.3 Å². The molecule has 3 rings (SSSR count). The maximum atomic E-state index is 14.4. The number of nitrogens with zero attached hydrogens (tertiary/aromatic N) is 2. The van der Waals surface area contributed by atoms with Crippen LogP contribution in [0.1, 0.15) is 54.1 Å². The van der Waals surface area contributed by atoms with E-state index in [1.807, 2.05) is 12.3 Å². The lowest BCUT2D eigenvalue weighted by atomic mass is 9.81. The fraction of sp³-hybridized carbons (Fsp3) is 0.455. The first-order chi connectivity index (χ1) is 14.1. The lowest BCUT2D eigenvalue weighted by molar-refractivity contribution is -0.121. The Bertz CT molecular complexity index is 841. The predicted molar refractivity (Wildman–Crippen MR) is 110 cm³/mol. The average molecular weight is 417 g/mol. The summed E-state index contributed by atoms with van der Waals surface area (Å²) in [7, 11) is 0. The van der Waals surface area contributed by atoms with E-state index >= 15 is 0 Å². The van der Waals surface area contributed by atoms with Gasteiger partial charge >= 0.3 is 0 Å². The van der Waals surface area contributed by atoms with E-state index in [0.29, 0.717) is 36.0 Å². The highest BCUT2D eigenvalue weighted by molar-refractivity contribution is 7.98. The highest BCUT2D eigenvalue weighted by Gasteiger charge is 2.27. The van der Waals surface area contributed by atoms with Gasteiger partial charge in [-0.1, -0.05) is 6.07 Å². The summed E-state index contributed by atoms with van der Waals surface area (Å²) in [5, 5.41) is 0. The molecule has 7 heteroatoms. The molecular formula is C22H25FN2O3S. The van der Waals surface area contributed by atoms with Crippen molar-refractivity contribution in [1.82, 2.24) is 9.97 Å². The molecule has 0 spiro atoms. The van der Waals surface area contributed by atoms with Crippen LogP contribution >= 0.6 is 11.8 Å². The van der Waals surface area contributed by atoms with Gasteiger partial charge < -0.3 is 4.74 Å². The Morgan fingerprint density at radius 2 is 2.03 bits per heavy atom. The van der Waals surface area contributed by atoms with Crippen LogP contribution in [0.2, 0.25) is 0 Å². The molecule has 1 aliphatic heterocycles. The number of carbonyl (C=O) groups excluding carboxylic acids is 2. The molecule has 0 N–H and O–H groups in total. The quantitative estimate of drug-likeness (QED) is 0.444. The third-order valence-electron chi connectivity index (χ3n) is 5.32. The first-order valence-corrected chi connectivity index (χ1v) is 11.0. The normalized spacial score (nSPS) is 15.8. The van der Waals surface area contributed by atoms with Crippen LogP contribution in [0.4, 0.5) is 4.39 Å². The Labute approximate surface area is 174 Å². The maximum absolute atomic E-state index is 14.4. The third kappa shape index (κ3) is 5.93. The van der Waals surface area contributed by atoms with Crippen molar-refractivity contribution in [2.45, 2.75) is 42.9 Å². The van der Waals surface area contributed by atoms with Crippen molar-refractivity contribution in [3.05, 3.63) is 53.9 Å². The fourth-order valence-corrected chi connectivity index (χ4v) is 4.11. The zero-order chi connectivity index (χ0) is 20.6. The van der Waals surface area contributed by atoms with E-state index in [-0.39, 0.29) is 35.9 Å². The summed E-state index contributed by atoms with van der Waals surface area (Å²) < 4.78 is 19.8. The van der Waals surface area contributed by atoms with Crippen LogP contribution in [-0.2, 0) is 9.53 Å². The molecule has 1 aromatic carbocycles. The number of rotatable bonds is 9. The van der Waals surface area contributed by atoms with Crippen LogP contribution in [0.5, 0.6) is 0 Å². The molecule has 0 radical (unpaired) electrons. The number of aromatic nitrogens is 2. The number of benzene rings is 1. The Morgan fingerprint density at radius 3 is 2.69 bits per heavy atom. The average Bonchev–Trinajstić information content (AvgIpc) is 2.77. The van der Waals surface area contributed by atoms with E-state index in [4.69, 9.17) is 4.74 Å². The number of ketones is 2. The monoisotopic (exact) mass is 416 g/mol. The van der Waals surface area contributed by atoms with E-state index < -0.39 is 5.92 Å². The van der Waals surface area contributed by atoms with Gasteiger partial charge in [0.05, 0.1) is 6.20 Å². The molecule has 1 aromatic heterocycles. The molecule has 154 valence electrons. The molecule has 1 fully saturated rings. The van der Waals surface area contributed by atoms with Crippen molar-refractivity contribution in [3.63, 3.8) is 0 Å². The second-order valence-corrected chi connectivity index (χ2v) is 8.07. The largest absolute Gasteiger partial charge is 0.381 e. The maximum Gasteiger partial charge on any atom is 0.183 e. The summed E-state index contributed by atoms with van der Waals surface area (Å²) in [4.78, 5) is 33.8. The molecule has 29 heavy (non-hydrogen) atoms. The highest BCUT2D eigenvalue weighted by atomic mass is 32.2.